The van der Waals surface area contributed by atoms with Crippen molar-refractivity contribution in [1.29, 1.82) is 0 Å². The molecule has 1 heterocycles. The van der Waals surface area contributed by atoms with Crippen LogP contribution in [0.1, 0.15) is 18.1 Å². The maximum atomic E-state index is 13.1. The molecule has 1 aliphatic heterocycles. The molecule has 27 heavy (non-hydrogen) atoms. The van der Waals surface area contributed by atoms with E-state index in [-0.39, 0.29) is 18.4 Å². The Hall–Kier alpha value is -2.73. The van der Waals surface area contributed by atoms with Crippen LogP contribution in [-0.2, 0) is 16.1 Å². The Morgan fingerprint density at radius 3 is 1.93 bits per heavy atom. The minimum Gasteiger partial charge on any atom is -0.497 e. The molecule has 0 radical (unpaired) electrons. The van der Waals surface area contributed by atoms with Gasteiger partial charge in [0.05, 0.1) is 31.2 Å². The van der Waals surface area contributed by atoms with E-state index in [1.54, 1.807) is 26.4 Å². The van der Waals surface area contributed by atoms with Crippen LogP contribution in [0.25, 0.3) is 5.57 Å². The number of ether oxygens (including phenoxy) is 2. The van der Waals surface area contributed by atoms with Gasteiger partial charge in [-0.3, -0.25) is 14.5 Å². The summed E-state index contributed by atoms with van der Waals surface area (Å²) in [5, 5.41) is 0. The lowest BCUT2D eigenvalue weighted by Gasteiger charge is -2.15. The highest BCUT2D eigenvalue weighted by molar-refractivity contribution is 8.04. The van der Waals surface area contributed by atoms with Crippen molar-refractivity contribution in [2.24, 2.45) is 0 Å². The van der Waals surface area contributed by atoms with Crippen LogP contribution in [0.15, 0.2) is 53.4 Å². The highest BCUT2D eigenvalue weighted by atomic mass is 32.2. The molecule has 0 spiro atoms. The van der Waals surface area contributed by atoms with E-state index < -0.39 is 0 Å². The van der Waals surface area contributed by atoms with Crippen molar-refractivity contribution in [3.63, 3.8) is 0 Å². The van der Waals surface area contributed by atoms with E-state index in [9.17, 15) is 9.59 Å². The normalized spacial score (nSPS) is 14.1. The number of carbonyl (C=O) groups is 2. The Morgan fingerprint density at radius 1 is 0.852 bits per heavy atom. The average Bonchev–Trinajstić information content (AvgIpc) is 2.93. The van der Waals surface area contributed by atoms with Crippen molar-refractivity contribution in [3.8, 4) is 11.5 Å². The third kappa shape index (κ3) is 3.85. The number of rotatable bonds is 7. The maximum Gasteiger partial charge on any atom is 0.268 e. The molecule has 6 heteroatoms. The second kappa shape index (κ2) is 8.31. The van der Waals surface area contributed by atoms with Crippen molar-refractivity contribution in [3.05, 3.63) is 64.6 Å². The van der Waals surface area contributed by atoms with Crippen molar-refractivity contribution in [2.75, 3.05) is 20.0 Å². The molecule has 2 aromatic rings. The second-order valence-electron chi connectivity index (χ2n) is 5.91. The second-order valence-corrected chi connectivity index (χ2v) is 7.18. The van der Waals surface area contributed by atoms with E-state index in [1.807, 2.05) is 43.3 Å². The van der Waals surface area contributed by atoms with Gasteiger partial charge in [-0.2, -0.15) is 0 Å². The summed E-state index contributed by atoms with van der Waals surface area (Å²) >= 11 is 1.40. The summed E-state index contributed by atoms with van der Waals surface area (Å²) in [6, 6.07) is 14.6. The van der Waals surface area contributed by atoms with E-state index in [0.29, 0.717) is 22.0 Å². The van der Waals surface area contributed by atoms with Crippen LogP contribution in [0, 0.1) is 0 Å². The maximum absolute atomic E-state index is 13.1. The molecule has 0 saturated carbocycles. The molecule has 1 aliphatic rings. The Labute approximate surface area is 163 Å². The van der Waals surface area contributed by atoms with Crippen LogP contribution in [0.5, 0.6) is 11.5 Å². The molecule has 0 unspecified atom stereocenters. The lowest BCUT2D eigenvalue weighted by molar-refractivity contribution is -0.137. The van der Waals surface area contributed by atoms with Gasteiger partial charge in [-0.1, -0.05) is 31.2 Å². The lowest BCUT2D eigenvalue weighted by Crippen LogP contribution is -2.30. The SMILES string of the molecule is CCSC1=C(c2ccc(OC)cc2)C(=O)N(Cc2ccc(OC)cc2)C1=O. The molecule has 2 amide bonds. The first kappa shape index (κ1) is 19.0. The molecule has 3 rings (SSSR count). The smallest absolute Gasteiger partial charge is 0.268 e. The molecule has 0 bridgehead atoms. The summed E-state index contributed by atoms with van der Waals surface area (Å²) in [6.07, 6.45) is 0. The van der Waals surface area contributed by atoms with Gasteiger partial charge in [0, 0.05) is 0 Å². The summed E-state index contributed by atoms with van der Waals surface area (Å²) < 4.78 is 10.3. The highest BCUT2D eigenvalue weighted by Crippen LogP contribution is 2.37. The zero-order valence-corrected chi connectivity index (χ0v) is 16.3. The van der Waals surface area contributed by atoms with Crippen molar-refractivity contribution < 1.29 is 19.1 Å². The van der Waals surface area contributed by atoms with Crippen LogP contribution in [-0.4, -0.2) is 36.7 Å². The van der Waals surface area contributed by atoms with Crippen molar-refractivity contribution >= 4 is 29.1 Å². The molecule has 0 saturated heterocycles. The summed E-state index contributed by atoms with van der Waals surface area (Å²) in [7, 11) is 3.19. The van der Waals surface area contributed by atoms with Crippen LogP contribution >= 0.6 is 11.8 Å². The van der Waals surface area contributed by atoms with Crippen LogP contribution < -0.4 is 9.47 Å². The number of carbonyl (C=O) groups excluding carboxylic acids is 2. The Bertz CT molecular complexity index is 872. The Morgan fingerprint density at radius 2 is 1.41 bits per heavy atom. The third-order valence-corrected chi connectivity index (χ3v) is 5.25. The first-order valence-corrected chi connectivity index (χ1v) is 9.58. The van der Waals surface area contributed by atoms with E-state index in [2.05, 4.69) is 0 Å². The topological polar surface area (TPSA) is 55.8 Å². The minimum atomic E-state index is -0.267. The summed E-state index contributed by atoms with van der Waals surface area (Å²) in [5.41, 5.74) is 2.06. The fourth-order valence-electron chi connectivity index (χ4n) is 2.90. The first-order chi connectivity index (χ1) is 13.1. The zero-order chi connectivity index (χ0) is 19.4. The van der Waals surface area contributed by atoms with Gasteiger partial charge >= 0.3 is 0 Å². The van der Waals surface area contributed by atoms with E-state index >= 15 is 0 Å². The van der Waals surface area contributed by atoms with Gasteiger partial charge in [-0.05, 0) is 41.1 Å². The minimum absolute atomic E-state index is 0.231. The first-order valence-electron chi connectivity index (χ1n) is 8.59. The van der Waals surface area contributed by atoms with Crippen molar-refractivity contribution in [2.45, 2.75) is 13.5 Å². The van der Waals surface area contributed by atoms with Gasteiger partial charge < -0.3 is 9.47 Å². The number of imide groups is 1. The Kier molecular flexibility index (Phi) is 5.86. The van der Waals surface area contributed by atoms with E-state index in [0.717, 1.165) is 16.9 Å². The molecule has 0 aromatic heterocycles. The van der Waals surface area contributed by atoms with Gasteiger partial charge in [-0.15, -0.1) is 11.8 Å². The number of nitrogens with zero attached hydrogens (tertiary/aromatic N) is 1. The Balaban J connectivity index is 1.91. The van der Waals surface area contributed by atoms with Crippen LogP contribution in [0.3, 0.4) is 0 Å². The van der Waals surface area contributed by atoms with Crippen LogP contribution in [0.4, 0.5) is 0 Å². The zero-order valence-electron chi connectivity index (χ0n) is 15.5. The molecule has 2 aromatic carbocycles. The highest BCUT2D eigenvalue weighted by Gasteiger charge is 2.38. The van der Waals surface area contributed by atoms with E-state index in [1.165, 1.54) is 16.7 Å². The van der Waals surface area contributed by atoms with Crippen molar-refractivity contribution in [1.82, 2.24) is 4.90 Å². The molecule has 0 N–H and O–H groups in total. The van der Waals surface area contributed by atoms with Gasteiger partial charge in [-0.25, -0.2) is 0 Å². The van der Waals surface area contributed by atoms with Crippen LogP contribution in [0.2, 0.25) is 0 Å². The molecule has 0 aliphatic carbocycles. The fraction of sp³-hybridized carbons (Fsp3) is 0.238. The predicted octanol–water partition coefficient (Wildman–Crippen LogP) is 3.74. The summed E-state index contributed by atoms with van der Waals surface area (Å²) in [6.45, 7) is 2.20. The van der Waals surface area contributed by atoms with Gasteiger partial charge in [0.15, 0.2) is 0 Å². The molecule has 5 nitrogen and oxygen atoms in total. The lowest BCUT2D eigenvalue weighted by atomic mass is 10.1. The number of methoxy groups -OCH3 is 2. The molecule has 0 atom stereocenters. The number of benzene rings is 2. The predicted molar refractivity (Wildman–Crippen MR) is 107 cm³/mol. The fourth-order valence-corrected chi connectivity index (χ4v) is 3.77. The van der Waals surface area contributed by atoms with Gasteiger partial charge in [0.2, 0.25) is 0 Å². The number of hydrogen-bond donors (Lipinski definition) is 0. The standard InChI is InChI=1S/C21H21NO4S/c1-4-27-19-18(15-7-11-17(26-3)12-8-15)20(23)22(21(19)24)13-14-5-9-16(25-2)10-6-14/h5-12H,4,13H2,1-3H3. The number of hydrogen-bond acceptors (Lipinski definition) is 5. The summed E-state index contributed by atoms with van der Waals surface area (Å²) in [5.74, 6) is 1.64. The largest absolute Gasteiger partial charge is 0.497 e. The van der Waals surface area contributed by atoms with Gasteiger partial charge in [0.25, 0.3) is 11.8 Å². The molecular formula is C21H21NO4S. The summed E-state index contributed by atoms with van der Waals surface area (Å²) in [4.78, 5) is 27.8. The van der Waals surface area contributed by atoms with E-state index in [4.69, 9.17) is 9.47 Å². The third-order valence-electron chi connectivity index (χ3n) is 4.29. The average molecular weight is 383 g/mol. The molecule has 0 fully saturated rings. The monoisotopic (exact) mass is 383 g/mol. The molecular weight excluding hydrogens is 362 g/mol. The molecule has 140 valence electrons. The quantitative estimate of drug-likeness (QED) is 0.682. The number of amides is 2. The van der Waals surface area contributed by atoms with Gasteiger partial charge in [0.1, 0.15) is 11.5 Å². The number of thioether (sulfide) groups is 1.